The maximum atomic E-state index is 6.17. The number of rotatable bonds is 10. The molecular formula is C34H34O3. The predicted octanol–water partition coefficient (Wildman–Crippen LogP) is 7.69. The van der Waals surface area contributed by atoms with Gasteiger partial charge in [0.25, 0.3) is 0 Å². The molecule has 0 amide bonds. The van der Waals surface area contributed by atoms with Gasteiger partial charge in [0, 0.05) is 5.92 Å². The van der Waals surface area contributed by atoms with Crippen molar-refractivity contribution in [2.45, 2.75) is 50.2 Å². The van der Waals surface area contributed by atoms with Gasteiger partial charge in [-0.05, 0) is 83.7 Å². The molecular weight excluding hydrogens is 456 g/mol. The lowest BCUT2D eigenvalue weighted by molar-refractivity contribution is 0.293. The third-order valence-corrected chi connectivity index (χ3v) is 7.63. The van der Waals surface area contributed by atoms with Gasteiger partial charge in [0.15, 0.2) is 0 Å². The molecule has 3 heteroatoms. The third-order valence-electron chi connectivity index (χ3n) is 7.63. The van der Waals surface area contributed by atoms with Crippen LogP contribution in [0.1, 0.15) is 58.9 Å². The first kappa shape index (κ1) is 23.8. The molecule has 0 spiro atoms. The van der Waals surface area contributed by atoms with E-state index >= 15 is 0 Å². The van der Waals surface area contributed by atoms with E-state index in [-0.39, 0.29) is 0 Å². The van der Waals surface area contributed by atoms with Gasteiger partial charge in [-0.25, -0.2) is 0 Å². The van der Waals surface area contributed by atoms with Crippen LogP contribution in [-0.4, -0.2) is 19.3 Å². The van der Waals surface area contributed by atoms with E-state index < -0.39 is 0 Å². The minimum atomic E-state index is 0.301. The van der Waals surface area contributed by atoms with E-state index in [0.29, 0.717) is 24.5 Å². The number of hydrogen-bond acceptors (Lipinski definition) is 3. The fraction of sp³-hybridized carbons (Fsp3) is 0.294. The first-order valence-electron chi connectivity index (χ1n) is 13.5. The molecule has 188 valence electrons. The molecule has 1 fully saturated rings. The van der Waals surface area contributed by atoms with E-state index in [1.807, 2.05) is 6.07 Å². The summed E-state index contributed by atoms with van der Waals surface area (Å²) in [5.74, 6) is 2.63. The first-order chi connectivity index (χ1) is 18.3. The molecule has 1 aliphatic carbocycles. The number of epoxide rings is 1. The third kappa shape index (κ3) is 5.89. The molecule has 1 heterocycles. The van der Waals surface area contributed by atoms with Crippen LogP contribution < -0.4 is 9.47 Å². The SMILES string of the molecule is c1ccc(COc2ccc3c(c2)CC[C@H](c2ccccc2)[C@@H]3c2ccc(OCCCC3CO3)cc2)cc1. The summed E-state index contributed by atoms with van der Waals surface area (Å²) in [6.45, 7) is 2.25. The minimum absolute atomic E-state index is 0.301. The zero-order chi connectivity index (χ0) is 24.9. The molecule has 0 saturated carbocycles. The Hall–Kier alpha value is -3.56. The fourth-order valence-corrected chi connectivity index (χ4v) is 5.61. The zero-order valence-corrected chi connectivity index (χ0v) is 21.2. The highest BCUT2D eigenvalue weighted by Crippen LogP contribution is 2.47. The van der Waals surface area contributed by atoms with E-state index in [2.05, 4.69) is 97.1 Å². The number of fused-ring (bicyclic) bond motifs is 1. The summed E-state index contributed by atoms with van der Waals surface area (Å²) >= 11 is 0. The smallest absolute Gasteiger partial charge is 0.120 e. The highest BCUT2D eigenvalue weighted by molar-refractivity contribution is 5.48. The molecule has 0 aromatic heterocycles. The Morgan fingerprint density at radius 1 is 0.730 bits per heavy atom. The van der Waals surface area contributed by atoms with Crippen LogP contribution >= 0.6 is 0 Å². The Bertz CT molecular complexity index is 1280. The lowest BCUT2D eigenvalue weighted by Crippen LogP contribution is -2.20. The van der Waals surface area contributed by atoms with E-state index in [0.717, 1.165) is 50.4 Å². The molecule has 0 N–H and O–H groups in total. The van der Waals surface area contributed by atoms with E-state index in [1.54, 1.807) is 0 Å². The summed E-state index contributed by atoms with van der Waals surface area (Å²) in [6.07, 6.45) is 4.77. The van der Waals surface area contributed by atoms with Gasteiger partial charge < -0.3 is 14.2 Å². The van der Waals surface area contributed by atoms with Crippen LogP contribution in [0.3, 0.4) is 0 Å². The van der Waals surface area contributed by atoms with E-state index in [1.165, 1.54) is 27.8 Å². The summed E-state index contributed by atoms with van der Waals surface area (Å²) in [5.41, 5.74) is 6.73. The first-order valence-corrected chi connectivity index (χ1v) is 13.5. The number of benzene rings is 4. The molecule has 1 unspecified atom stereocenters. The molecule has 0 bridgehead atoms. The van der Waals surface area contributed by atoms with Gasteiger partial charge in [-0.15, -0.1) is 0 Å². The van der Waals surface area contributed by atoms with Crippen molar-refractivity contribution < 1.29 is 14.2 Å². The van der Waals surface area contributed by atoms with Gasteiger partial charge in [-0.3, -0.25) is 0 Å². The van der Waals surface area contributed by atoms with Crippen LogP contribution in [0, 0.1) is 0 Å². The van der Waals surface area contributed by atoms with Gasteiger partial charge in [0.1, 0.15) is 18.1 Å². The summed E-state index contributed by atoms with van der Waals surface area (Å²) in [6, 6.07) is 36.8. The second-order valence-electron chi connectivity index (χ2n) is 10.2. The second kappa shape index (κ2) is 11.2. The van der Waals surface area contributed by atoms with Gasteiger partial charge >= 0.3 is 0 Å². The zero-order valence-electron chi connectivity index (χ0n) is 21.2. The Morgan fingerprint density at radius 3 is 2.22 bits per heavy atom. The monoisotopic (exact) mass is 490 g/mol. The summed E-state index contributed by atoms with van der Waals surface area (Å²) in [4.78, 5) is 0. The van der Waals surface area contributed by atoms with Gasteiger partial charge in [0.05, 0.1) is 19.3 Å². The molecule has 1 aliphatic heterocycles. The summed E-state index contributed by atoms with van der Waals surface area (Å²) in [5, 5.41) is 0. The Labute approximate surface area is 220 Å². The van der Waals surface area contributed by atoms with Crippen LogP contribution in [0.15, 0.2) is 103 Å². The van der Waals surface area contributed by atoms with Crippen molar-refractivity contribution in [2.75, 3.05) is 13.2 Å². The van der Waals surface area contributed by atoms with Crippen LogP contribution in [0.2, 0.25) is 0 Å². The molecule has 0 radical (unpaired) electrons. The average molecular weight is 491 g/mol. The highest BCUT2D eigenvalue weighted by Gasteiger charge is 2.32. The number of aryl methyl sites for hydroxylation is 1. The van der Waals surface area contributed by atoms with Crippen LogP contribution in [0.5, 0.6) is 11.5 Å². The number of ether oxygens (including phenoxy) is 3. The molecule has 3 nitrogen and oxygen atoms in total. The van der Waals surface area contributed by atoms with Crippen LogP contribution in [0.25, 0.3) is 0 Å². The van der Waals surface area contributed by atoms with Crippen molar-refractivity contribution in [3.05, 3.63) is 131 Å². The number of hydrogen-bond donors (Lipinski definition) is 0. The maximum Gasteiger partial charge on any atom is 0.120 e. The second-order valence-corrected chi connectivity index (χ2v) is 10.2. The fourth-order valence-electron chi connectivity index (χ4n) is 5.61. The van der Waals surface area contributed by atoms with Gasteiger partial charge in [0.2, 0.25) is 0 Å². The standard InChI is InChI=1S/C34H34O3/c1-3-8-25(9-4-1)23-36-30-18-20-33-28(22-30)15-19-32(26-10-5-2-6-11-26)34(33)27-13-16-29(17-14-27)35-21-7-12-31-24-37-31/h1-6,8-11,13-14,16-18,20,22,31-32,34H,7,12,15,19,21,23-24H2/t31?,32-,34+/m1/s1. The lowest BCUT2D eigenvalue weighted by atomic mass is 9.69. The summed E-state index contributed by atoms with van der Waals surface area (Å²) in [7, 11) is 0. The van der Waals surface area contributed by atoms with Crippen molar-refractivity contribution in [1.82, 2.24) is 0 Å². The van der Waals surface area contributed by atoms with Crippen molar-refractivity contribution in [1.29, 1.82) is 0 Å². The normalized spacial score (nSPS) is 20.2. The molecule has 3 atom stereocenters. The van der Waals surface area contributed by atoms with Crippen molar-refractivity contribution >= 4 is 0 Å². The Kier molecular flexibility index (Phi) is 7.23. The quantitative estimate of drug-likeness (QED) is 0.169. The van der Waals surface area contributed by atoms with Gasteiger partial charge in [-0.1, -0.05) is 78.9 Å². The van der Waals surface area contributed by atoms with Crippen LogP contribution in [0.4, 0.5) is 0 Å². The molecule has 6 rings (SSSR count). The maximum absolute atomic E-state index is 6.17. The van der Waals surface area contributed by atoms with E-state index in [4.69, 9.17) is 14.2 Å². The van der Waals surface area contributed by atoms with E-state index in [9.17, 15) is 0 Å². The topological polar surface area (TPSA) is 31.0 Å². The molecule has 37 heavy (non-hydrogen) atoms. The summed E-state index contributed by atoms with van der Waals surface area (Å²) < 4.78 is 17.5. The Morgan fingerprint density at radius 2 is 1.46 bits per heavy atom. The molecule has 4 aromatic carbocycles. The molecule has 2 aliphatic rings. The lowest BCUT2D eigenvalue weighted by Gasteiger charge is -2.35. The average Bonchev–Trinajstić information content (AvgIpc) is 3.79. The molecule has 1 saturated heterocycles. The van der Waals surface area contributed by atoms with Crippen molar-refractivity contribution in [3.63, 3.8) is 0 Å². The largest absolute Gasteiger partial charge is 0.494 e. The Balaban J connectivity index is 1.23. The highest BCUT2D eigenvalue weighted by atomic mass is 16.6. The van der Waals surface area contributed by atoms with Crippen LogP contribution in [-0.2, 0) is 17.8 Å². The minimum Gasteiger partial charge on any atom is -0.494 e. The van der Waals surface area contributed by atoms with Crippen molar-refractivity contribution in [3.8, 4) is 11.5 Å². The molecule has 4 aromatic rings. The predicted molar refractivity (Wildman–Crippen MR) is 147 cm³/mol. The van der Waals surface area contributed by atoms with Crippen molar-refractivity contribution in [2.24, 2.45) is 0 Å². The van der Waals surface area contributed by atoms with Gasteiger partial charge in [-0.2, -0.15) is 0 Å².